The molecule has 0 saturated carbocycles. The van der Waals surface area contributed by atoms with Crippen molar-refractivity contribution in [1.82, 2.24) is 4.90 Å². The molecule has 0 amide bonds. The first-order valence-electron chi connectivity index (χ1n) is 8.50. The lowest BCUT2D eigenvalue weighted by atomic mass is 10.0. The Morgan fingerprint density at radius 3 is 2.43 bits per heavy atom. The van der Waals surface area contributed by atoms with Crippen LogP contribution in [-0.4, -0.2) is 30.8 Å². The Bertz CT molecular complexity index is 929. The Hall–Kier alpha value is -2.90. The molecule has 0 saturated heterocycles. The van der Waals surface area contributed by atoms with Crippen molar-refractivity contribution in [3.63, 3.8) is 0 Å². The topological polar surface area (TPSA) is 41.9 Å². The van der Waals surface area contributed by atoms with Crippen LogP contribution in [0.4, 0.5) is 23.2 Å². The van der Waals surface area contributed by atoms with E-state index in [0.717, 1.165) is 12.1 Å². The summed E-state index contributed by atoms with van der Waals surface area (Å²) >= 11 is 0. The smallest absolute Gasteiger partial charge is 0.338 e. The zero-order valence-electron chi connectivity index (χ0n) is 15.9. The van der Waals surface area contributed by atoms with Crippen LogP contribution < -0.4 is 0 Å². The van der Waals surface area contributed by atoms with E-state index in [1.165, 1.54) is 6.07 Å². The number of benzene rings is 2. The molecule has 0 radical (unpaired) electrons. The fourth-order valence-electron chi connectivity index (χ4n) is 2.36. The molecule has 0 spiro atoms. The molecule has 0 aliphatic carbocycles. The Kier molecular flexibility index (Phi) is 6.77. The average molecular weight is 396 g/mol. The normalized spacial score (nSPS) is 11.1. The molecule has 4 nitrogen and oxygen atoms in total. The standard InChI is InChI=1S/C20H20F4N2O2/c1-5-26(4)10-25-17-7-6-13(11(2)12(17)3)20(27)28-9-14-15(21)8-16(22)19(24)18(14)23/h6-8,10H,5,9H2,1-4H3/b25-10+. The zero-order valence-corrected chi connectivity index (χ0v) is 15.9. The molecular formula is C20H20F4N2O2. The van der Waals surface area contributed by atoms with E-state index in [-0.39, 0.29) is 11.6 Å². The van der Waals surface area contributed by atoms with Crippen LogP contribution in [0.2, 0.25) is 0 Å². The lowest BCUT2D eigenvalue weighted by Gasteiger charge is -2.13. The second-order valence-electron chi connectivity index (χ2n) is 6.22. The maximum Gasteiger partial charge on any atom is 0.338 e. The first-order chi connectivity index (χ1) is 13.2. The summed E-state index contributed by atoms with van der Waals surface area (Å²) in [5, 5.41) is 0. The number of nitrogens with zero attached hydrogens (tertiary/aromatic N) is 2. The molecule has 0 aromatic heterocycles. The summed E-state index contributed by atoms with van der Waals surface area (Å²) in [4.78, 5) is 18.5. The van der Waals surface area contributed by atoms with Crippen molar-refractivity contribution in [3.05, 3.63) is 63.7 Å². The molecule has 0 aliphatic heterocycles. The van der Waals surface area contributed by atoms with Crippen LogP contribution in [0.5, 0.6) is 0 Å². The van der Waals surface area contributed by atoms with Gasteiger partial charge in [-0.3, -0.25) is 0 Å². The van der Waals surface area contributed by atoms with E-state index < -0.39 is 41.4 Å². The van der Waals surface area contributed by atoms with Crippen molar-refractivity contribution in [2.75, 3.05) is 13.6 Å². The molecule has 8 heteroatoms. The molecule has 0 heterocycles. The molecule has 0 unspecified atom stereocenters. The Labute approximate surface area is 160 Å². The highest BCUT2D eigenvalue weighted by molar-refractivity contribution is 5.92. The van der Waals surface area contributed by atoms with Crippen molar-refractivity contribution in [3.8, 4) is 0 Å². The number of ether oxygens (including phenoxy) is 1. The predicted molar refractivity (Wildman–Crippen MR) is 97.8 cm³/mol. The molecule has 0 fully saturated rings. The van der Waals surface area contributed by atoms with Crippen LogP contribution in [0.15, 0.2) is 23.2 Å². The van der Waals surface area contributed by atoms with Gasteiger partial charge in [-0.1, -0.05) is 0 Å². The molecule has 0 aliphatic rings. The van der Waals surface area contributed by atoms with Gasteiger partial charge in [0, 0.05) is 19.7 Å². The van der Waals surface area contributed by atoms with E-state index in [0.29, 0.717) is 11.3 Å². The largest absolute Gasteiger partial charge is 0.457 e. The zero-order chi connectivity index (χ0) is 21.0. The van der Waals surface area contributed by atoms with Gasteiger partial charge in [0.2, 0.25) is 0 Å². The number of hydrogen-bond donors (Lipinski definition) is 0. The van der Waals surface area contributed by atoms with Crippen molar-refractivity contribution in [1.29, 1.82) is 0 Å². The molecule has 2 aromatic rings. The number of esters is 1. The highest BCUT2D eigenvalue weighted by Crippen LogP contribution is 2.26. The van der Waals surface area contributed by atoms with E-state index in [9.17, 15) is 22.4 Å². The summed E-state index contributed by atoms with van der Waals surface area (Å²) < 4.78 is 58.5. The van der Waals surface area contributed by atoms with Crippen LogP contribution in [-0.2, 0) is 11.3 Å². The van der Waals surface area contributed by atoms with E-state index >= 15 is 0 Å². The van der Waals surface area contributed by atoms with Gasteiger partial charge in [0.25, 0.3) is 0 Å². The first-order valence-corrected chi connectivity index (χ1v) is 8.50. The molecule has 150 valence electrons. The van der Waals surface area contributed by atoms with Crippen LogP contribution in [0.3, 0.4) is 0 Å². The van der Waals surface area contributed by atoms with Gasteiger partial charge < -0.3 is 9.64 Å². The third kappa shape index (κ3) is 4.49. The lowest BCUT2D eigenvalue weighted by Crippen LogP contribution is -2.14. The molecule has 0 bridgehead atoms. The number of carbonyl (C=O) groups is 1. The fourth-order valence-corrected chi connectivity index (χ4v) is 2.36. The maximum atomic E-state index is 13.7. The second-order valence-corrected chi connectivity index (χ2v) is 6.22. The van der Waals surface area contributed by atoms with Gasteiger partial charge in [0.15, 0.2) is 17.5 Å². The quantitative estimate of drug-likeness (QED) is 0.175. The van der Waals surface area contributed by atoms with E-state index in [1.54, 1.807) is 26.3 Å². The molecule has 28 heavy (non-hydrogen) atoms. The van der Waals surface area contributed by atoms with Gasteiger partial charge in [-0.15, -0.1) is 0 Å². The van der Waals surface area contributed by atoms with E-state index in [2.05, 4.69) is 4.99 Å². The number of aliphatic imine (C=N–C) groups is 1. The lowest BCUT2D eigenvalue weighted by molar-refractivity contribution is 0.0462. The molecule has 2 aromatic carbocycles. The third-order valence-electron chi connectivity index (χ3n) is 4.43. The van der Waals surface area contributed by atoms with Crippen molar-refractivity contribution in [2.45, 2.75) is 27.4 Å². The summed E-state index contributed by atoms with van der Waals surface area (Å²) in [6.07, 6.45) is 1.66. The Morgan fingerprint density at radius 1 is 1.11 bits per heavy atom. The average Bonchev–Trinajstić information content (AvgIpc) is 2.66. The fraction of sp³-hybridized carbons (Fsp3) is 0.300. The van der Waals surface area contributed by atoms with Crippen molar-refractivity contribution >= 4 is 18.0 Å². The van der Waals surface area contributed by atoms with Gasteiger partial charge >= 0.3 is 5.97 Å². The minimum absolute atomic E-state index is 0.184. The number of hydrogen-bond acceptors (Lipinski definition) is 3. The van der Waals surface area contributed by atoms with Crippen LogP contribution in [0.25, 0.3) is 0 Å². The minimum Gasteiger partial charge on any atom is -0.457 e. The highest BCUT2D eigenvalue weighted by atomic mass is 19.2. The molecule has 0 N–H and O–H groups in total. The third-order valence-corrected chi connectivity index (χ3v) is 4.43. The van der Waals surface area contributed by atoms with Crippen LogP contribution in [0, 0.1) is 37.1 Å². The summed E-state index contributed by atoms with van der Waals surface area (Å²) in [6, 6.07) is 3.32. The second kappa shape index (κ2) is 8.86. The monoisotopic (exact) mass is 396 g/mol. The van der Waals surface area contributed by atoms with Gasteiger partial charge in [-0.05, 0) is 44.0 Å². The minimum atomic E-state index is -1.82. The van der Waals surface area contributed by atoms with Crippen molar-refractivity contribution in [2.24, 2.45) is 4.99 Å². The van der Waals surface area contributed by atoms with Gasteiger partial charge in [-0.25, -0.2) is 27.3 Å². The summed E-state index contributed by atoms with van der Waals surface area (Å²) in [5.74, 6) is -7.37. The number of carbonyl (C=O) groups excluding carboxylic acids is 1. The molecule has 0 atom stereocenters. The summed E-state index contributed by atoms with van der Waals surface area (Å²) in [5.41, 5.74) is 1.31. The van der Waals surface area contributed by atoms with Gasteiger partial charge in [-0.2, -0.15) is 0 Å². The highest BCUT2D eigenvalue weighted by Gasteiger charge is 2.21. The van der Waals surface area contributed by atoms with E-state index in [1.807, 2.05) is 18.9 Å². The summed E-state index contributed by atoms with van der Waals surface area (Å²) in [6.45, 7) is 5.35. The Balaban J connectivity index is 2.21. The first kappa shape index (κ1) is 21.4. The van der Waals surface area contributed by atoms with E-state index in [4.69, 9.17) is 4.74 Å². The maximum absolute atomic E-state index is 13.7. The number of rotatable bonds is 6. The molecule has 2 rings (SSSR count). The van der Waals surface area contributed by atoms with Crippen LogP contribution >= 0.6 is 0 Å². The number of halogens is 4. The van der Waals surface area contributed by atoms with Crippen LogP contribution in [0.1, 0.15) is 34.0 Å². The van der Waals surface area contributed by atoms with Gasteiger partial charge in [0.05, 0.1) is 23.2 Å². The SMILES string of the molecule is CCN(C)/C=N/c1ccc(C(=O)OCc2c(F)cc(F)c(F)c2F)c(C)c1C. The Morgan fingerprint density at radius 2 is 1.79 bits per heavy atom. The van der Waals surface area contributed by atoms with Gasteiger partial charge in [0.1, 0.15) is 12.4 Å². The predicted octanol–water partition coefficient (Wildman–Crippen LogP) is 4.83. The van der Waals surface area contributed by atoms with Crippen molar-refractivity contribution < 1.29 is 27.1 Å². The molecular weight excluding hydrogens is 376 g/mol. The summed E-state index contributed by atoms with van der Waals surface area (Å²) in [7, 11) is 1.87.